The SMILES string of the molecule is O=C(COC(=O)c1ccc(SCc2cscn2)cc1)Nc1cc(Cl)ccc1-n1cncn1. The Morgan fingerprint density at radius 2 is 2.03 bits per heavy atom. The second kappa shape index (κ2) is 10.4. The largest absolute Gasteiger partial charge is 0.452 e. The fraction of sp³-hybridized carbons (Fsp3) is 0.0952. The molecule has 11 heteroatoms. The maximum atomic E-state index is 12.3. The number of rotatable bonds is 8. The first kappa shape index (κ1) is 22.0. The van der Waals surface area contributed by atoms with E-state index in [4.69, 9.17) is 16.3 Å². The number of ether oxygens (including phenoxy) is 1. The molecule has 0 radical (unpaired) electrons. The zero-order valence-corrected chi connectivity index (χ0v) is 18.9. The van der Waals surface area contributed by atoms with Gasteiger partial charge in [0.2, 0.25) is 0 Å². The fourth-order valence-corrected chi connectivity index (χ4v) is 4.33. The Bertz CT molecular complexity index is 1200. The number of halogens is 1. The van der Waals surface area contributed by atoms with Crippen LogP contribution in [-0.2, 0) is 15.3 Å². The quantitative estimate of drug-likeness (QED) is 0.290. The van der Waals surface area contributed by atoms with Crippen LogP contribution in [0, 0.1) is 0 Å². The minimum atomic E-state index is -0.584. The number of thiazole rings is 1. The highest BCUT2D eigenvalue weighted by atomic mass is 35.5. The molecule has 0 atom stereocenters. The lowest BCUT2D eigenvalue weighted by Gasteiger charge is -2.11. The molecule has 0 aliphatic rings. The van der Waals surface area contributed by atoms with Gasteiger partial charge in [0.25, 0.3) is 5.91 Å². The topological polar surface area (TPSA) is 99.0 Å². The average molecular weight is 486 g/mol. The van der Waals surface area contributed by atoms with Crippen molar-refractivity contribution >= 4 is 52.3 Å². The van der Waals surface area contributed by atoms with Gasteiger partial charge >= 0.3 is 5.97 Å². The van der Waals surface area contributed by atoms with Crippen molar-refractivity contribution in [2.45, 2.75) is 10.6 Å². The third-order valence-electron chi connectivity index (χ3n) is 4.19. The lowest BCUT2D eigenvalue weighted by atomic mass is 10.2. The van der Waals surface area contributed by atoms with Gasteiger partial charge in [0.1, 0.15) is 12.7 Å². The van der Waals surface area contributed by atoms with Crippen LogP contribution in [0.25, 0.3) is 5.69 Å². The Balaban J connectivity index is 1.31. The second-order valence-corrected chi connectivity index (χ2v) is 8.62. The van der Waals surface area contributed by atoms with Crippen LogP contribution in [0.15, 0.2) is 70.9 Å². The van der Waals surface area contributed by atoms with Crippen LogP contribution in [0.3, 0.4) is 0 Å². The van der Waals surface area contributed by atoms with Gasteiger partial charge in [0.15, 0.2) is 6.61 Å². The van der Waals surface area contributed by atoms with Crippen molar-refractivity contribution in [1.82, 2.24) is 19.7 Å². The molecule has 0 spiro atoms. The van der Waals surface area contributed by atoms with Gasteiger partial charge in [0.05, 0.1) is 28.1 Å². The predicted octanol–water partition coefficient (Wildman–Crippen LogP) is 4.47. The number of benzene rings is 2. The second-order valence-electron chi connectivity index (χ2n) is 6.42. The van der Waals surface area contributed by atoms with E-state index in [9.17, 15) is 9.59 Å². The molecular formula is C21H16ClN5O3S2. The van der Waals surface area contributed by atoms with E-state index >= 15 is 0 Å². The Morgan fingerprint density at radius 3 is 2.75 bits per heavy atom. The number of aromatic nitrogens is 4. The summed E-state index contributed by atoms with van der Waals surface area (Å²) < 4.78 is 6.64. The van der Waals surface area contributed by atoms with Crippen LogP contribution in [0.1, 0.15) is 16.1 Å². The number of anilines is 1. The number of thioether (sulfide) groups is 1. The van der Waals surface area contributed by atoms with E-state index in [2.05, 4.69) is 20.4 Å². The van der Waals surface area contributed by atoms with Crippen LogP contribution >= 0.6 is 34.7 Å². The van der Waals surface area contributed by atoms with Crippen molar-refractivity contribution in [1.29, 1.82) is 0 Å². The van der Waals surface area contributed by atoms with Crippen molar-refractivity contribution in [3.63, 3.8) is 0 Å². The van der Waals surface area contributed by atoms with Crippen LogP contribution in [0.4, 0.5) is 5.69 Å². The van der Waals surface area contributed by atoms with E-state index in [1.54, 1.807) is 58.9 Å². The van der Waals surface area contributed by atoms with Crippen molar-refractivity contribution in [3.8, 4) is 5.69 Å². The monoisotopic (exact) mass is 485 g/mol. The Morgan fingerprint density at radius 1 is 1.19 bits per heavy atom. The predicted molar refractivity (Wildman–Crippen MR) is 123 cm³/mol. The highest BCUT2D eigenvalue weighted by Crippen LogP contribution is 2.25. The minimum Gasteiger partial charge on any atom is -0.452 e. The highest BCUT2D eigenvalue weighted by Gasteiger charge is 2.13. The molecule has 162 valence electrons. The zero-order chi connectivity index (χ0) is 22.3. The first-order valence-electron chi connectivity index (χ1n) is 9.30. The van der Waals surface area contributed by atoms with Crippen LogP contribution in [0.2, 0.25) is 5.02 Å². The Kier molecular flexibility index (Phi) is 7.15. The van der Waals surface area contributed by atoms with Crippen molar-refractivity contribution in [2.24, 2.45) is 0 Å². The highest BCUT2D eigenvalue weighted by molar-refractivity contribution is 7.98. The number of carbonyl (C=O) groups excluding carboxylic acids is 2. The van der Waals surface area contributed by atoms with Gasteiger partial charge < -0.3 is 10.1 Å². The smallest absolute Gasteiger partial charge is 0.338 e. The first-order valence-corrected chi connectivity index (χ1v) is 11.6. The van der Waals surface area contributed by atoms with Gasteiger partial charge in [-0.1, -0.05) is 11.6 Å². The summed E-state index contributed by atoms with van der Waals surface area (Å²) in [6.45, 7) is -0.442. The number of hydrogen-bond donors (Lipinski definition) is 1. The molecule has 0 aliphatic carbocycles. The van der Waals surface area contributed by atoms with E-state index in [1.165, 1.54) is 17.3 Å². The average Bonchev–Trinajstić information content (AvgIpc) is 3.51. The molecule has 0 aliphatic heterocycles. The molecule has 32 heavy (non-hydrogen) atoms. The first-order chi connectivity index (χ1) is 15.6. The molecule has 2 aromatic heterocycles. The molecule has 0 unspecified atom stereocenters. The minimum absolute atomic E-state index is 0.363. The number of nitrogens with one attached hydrogen (secondary N) is 1. The third-order valence-corrected chi connectivity index (χ3v) is 6.11. The molecule has 4 rings (SSSR count). The van der Waals surface area contributed by atoms with Gasteiger partial charge in [-0.2, -0.15) is 5.10 Å². The molecule has 0 saturated carbocycles. The summed E-state index contributed by atoms with van der Waals surface area (Å²) in [7, 11) is 0. The van der Waals surface area contributed by atoms with E-state index in [0.717, 1.165) is 16.3 Å². The molecule has 0 saturated heterocycles. The normalized spacial score (nSPS) is 10.7. The molecular weight excluding hydrogens is 470 g/mol. The third kappa shape index (κ3) is 5.72. The lowest BCUT2D eigenvalue weighted by molar-refractivity contribution is -0.119. The Hall–Kier alpha value is -3.21. The molecule has 8 nitrogen and oxygen atoms in total. The molecule has 2 aromatic carbocycles. The standard InChI is InChI=1S/C21H16ClN5O3S2/c22-15-3-6-19(27-12-23-11-25-27)18(7-15)26-20(28)8-30-21(29)14-1-4-17(5-2-14)32-10-16-9-31-13-24-16/h1-7,9,11-13H,8,10H2,(H,26,28). The van der Waals surface area contributed by atoms with Crippen molar-refractivity contribution < 1.29 is 14.3 Å². The summed E-state index contributed by atoms with van der Waals surface area (Å²) in [5.74, 6) is -0.329. The van der Waals surface area contributed by atoms with Gasteiger partial charge in [0, 0.05) is 21.1 Å². The fourth-order valence-electron chi connectivity index (χ4n) is 2.69. The summed E-state index contributed by atoms with van der Waals surface area (Å²) in [6.07, 6.45) is 2.88. The van der Waals surface area contributed by atoms with Crippen molar-refractivity contribution in [2.75, 3.05) is 11.9 Å². The van der Waals surface area contributed by atoms with Gasteiger partial charge in [-0.15, -0.1) is 23.1 Å². The summed E-state index contributed by atoms with van der Waals surface area (Å²) in [4.78, 5) is 33.8. The number of carbonyl (C=O) groups is 2. The summed E-state index contributed by atoms with van der Waals surface area (Å²) >= 11 is 9.23. The molecule has 2 heterocycles. The molecule has 1 amide bonds. The summed E-state index contributed by atoms with van der Waals surface area (Å²) in [5, 5.41) is 9.18. The Labute approximate surface area is 196 Å². The maximum Gasteiger partial charge on any atom is 0.338 e. The van der Waals surface area contributed by atoms with Crippen molar-refractivity contribution in [3.05, 3.63) is 82.3 Å². The van der Waals surface area contributed by atoms with E-state index < -0.39 is 18.5 Å². The molecule has 0 bridgehead atoms. The van der Waals surface area contributed by atoms with Crippen LogP contribution in [-0.4, -0.2) is 38.2 Å². The lowest BCUT2D eigenvalue weighted by Crippen LogP contribution is -2.21. The maximum absolute atomic E-state index is 12.3. The molecule has 4 aromatic rings. The van der Waals surface area contributed by atoms with Crippen LogP contribution < -0.4 is 5.32 Å². The van der Waals surface area contributed by atoms with Gasteiger partial charge in [-0.3, -0.25) is 4.79 Å². The van der Waals surface area contributed by atoms with Gasteiger partial charge in [-0.25, -0.2) is 19.4 Å². The zero-order valence-electron chi connectivity index (χ0n) is 16.5. The molecule has 1 N–H and O–H groups in total. The van der Waals surface area contributed by atoms with Gasteiger partial charge in [-0.05, 0) is 42.5 Å². The summed E-state index contributed by atoms with van der Waals surface area (Å²) in [6, 6.07) is 12.0. The number of esters is 1. The molecule has 0 fully saturated rings. The summed E-state index contributed by atoms with van der Waals surface area (Å²) in [5.41, 5.74) is 4.18. The number of amides is 1. The number of nitrogens with zero attached hydrogens (tertiary/aromatic N) is 4. The van der Waals surface area contributed by atoms with Crippen LogP contribution in [0.5, 0.6) is 0 Å². The number of hydrogen-bond acceptors (Lipinski definition) is 8. The van der Waals surface area contributed by atoms with E-state index in [-0.39, 0.29) is 0 Å². The van der Waals surface area contributed by atoms with E-state index in [1.807, 2.05) is 17.5 Å². The van der Waals surface area contributed by atoms with E-state index in [0.29, 0.717) is 22.0 Å².